The summed E-state index contributed by atoms with van der Waals surface area (Å²) in [5, 5.41) is 16.7. The summed E-state index contributed by atoms with van der Waals surface area (Å²) in [6.45, 7) is 1.03. The van der Waals surface area contributed by atoms with Crippen molar-refractivity contribution in [3.05, 3.63) is 12.4 Å². The second-order valence-electron chi connectivity index (χ2n) is 2.30. The van der Waals surface area contributed by atoms with E-state index in [0.29, 0.717) is 0 Å². The molecule has 0 fully saturated rings. The van der Waals surface area contributed by atoms with Gasteiger partial charge in [0.15, 0.2) is 12.4 Å². The standard InChI is InChI=1S/C5H10N2.C2HN3/c1-6-3-4-7(2)5-6;3-1-5-2-4/h3-4H,5H2,1-2H3;5H. The van der Waals surface area contributed by atoms with Gasteiger partial charge in [-0.3, -0.25) is 0 Å². The first-order valence-corrected chi connectivity index (χ1v) is 3.32. The lowest BCUT2D eigenvalue weighted by Crippen LogP contribution is -2.17. The van der Waals surface area contributed by atoms with Gasteiger partial charge in [-0.25, -0.2) is 5.32 Å². The van der Waals surface area contributed by atoms with Gasteiger partial charge in [-0.2, -0.15) is 10.5 Å². The molecule has 1 aliphatic heterocycles. The molecule has 0 spiro atoms. The van der Waals surface area contributed by atoms with Crippen LogP contribution >= 0.6 is 0 Å². The molecule has 5 heteroatoms. The van der Waals surface area contributed by atoms with Crippen molar-refractivity contribution in [1.82, 2.24) is 15.1 Å². The first-order valence-electron chi connectivity index (χ1n) is 3.32. The first kappa shape index (κ1) is 10.1. The maximum atomic E-state index is 7.48. The smallest absolute Gasteiger partial charge is 0.190 e. The molecule has 1 aliphatic rings. The van der Waals surface area contributed by atoms with E-state index < -0.39 is 0 Å². The molecule has 0 atom stereocenters. The molecule has 0 amide bonds. The van der Waals surface area contributed by atoms with E-state index in [1.807, 2.05) is 0 Å². The molecule has 0 aromatic heterocycles. The lowest BCUT2D eigenvalue weighted by Gasteiger charge is -2.10. The Bertz CT molecular complexity index is 199. The highest BCUT2D eigenvalue weighted by Crippen LogP contribution is 1.97. The number of hydrogen-bond acceptors (Lipinski definition) is 5. The van der Waals surface area contributed by atoms with E-state index in [-0.39, 0.29) is 0 Å². The molecule has 1 N–H and O–H groups in total. The van der Waals surface area contributed by atoms with Gasteiger partial charge in [0.1, 0.15) is 0 Å². The van der Waals surface area contributed by atoms with Crippen LogP contribution in [0.2, 0.25) is 0 Å². The topological polar surface area (TPSA) is 66.1 Å². The second kappa shape index (κ2) is 5.87. The van der Waals surface area contributed by atoms with Crippen molar-refractivity contribution in [2.45, 2.75) is 0 Å². The molecule has 5 nitrogen and oxygen atoms in total. The Morgan fingerprint density at radius 2 is 1.58 bits per heavy atom. The summed E-state index contributed by atoms with van der Waals surface area (Å²) in [6.07, 6.45) is 6.92. The minimum absolute atomic E-state index is 1.03. The van der Waals surface area contributed by atoms with Crippen molar-refractivity contribution in [1.29, 1.82) is 10.5 Å². The van der Waals surface area contributed by atoms with Gasteiger partial charge in [0.25, 0.3) is 0 Å². The quantitative estimate of drug-likeness (QED) is 0.399. The van der Waals surface area contributed by atoms with E-state index in [1.165, 1.54) is 12.4 Å². The molecule has 0 bridgehead atoms. The van der Waals surface area contributed by atoms with Crippen molar-refractivity contribution < 1.29 is 0 Å². The highest BCUT2D eigenvalue weighted by molar-refractivity contribution is 4.85. The lowest BCUT2D eigenvalue weighted by atomic mass is 10.9. The van der Waals surface area contributed by atoms with Gasteiger partial charge in [0.2, 0.25) is 0 Å². The molecular formula is C7H11N5. The number of rotatable bonds is 0. The van der Waals surface area contributed by atoms with Crippen molar-refractivity contribution in [3.63, 3.8) is 0 Å². The fourth-order valence-corrected chi connectivity index (χ4v) is 0.699. The number of nitriles is 2. The van der Waals surface area contributed by atoms with Gasteiger partial charge in [0, 0.05) is 26.5 Å². The number of nitrogens with zero attached hydrogens (tertiary/aromatic N) is 4. The summed E-state index contributed by atoms with van der Waals surface area (Å²) in [7, 11) is 4.11. The zero-order valence-corrected chi connectivity index (χ0v) is 7.15. The van der Waals surface area contributed by atoms with Crippen molar-refractivity contribution >= 4 is 0 Å². The fraction of sp³-hybridized carbons (Fsp3) is 0.429. The van der Waals surface area contributed by atoms with Crippen molar-refractivity contribution in [2.75, 3.05) is 20.8 Å². The molecule has 0 aliphatic carbocycles. The molecule has 1 heterocycles. The molecule has 0 saturated carbocycles. The van der Waals surface area contributed by atoms with Crippen LogP contribution in [0.4, 0.5) is 0 Å². The monoisotopic (exact) mass is 165 g/mol. The summed E-state index contributed by atoms with van der Waals surface area (Å²) in [5.74, 6) is 0. The van der Waals surface area contributed by atoms with Crippen molar-refractivity contribution in [2.24, 2.45) is 0 Å². The van der Waals surface area contributed by atoms with Crippen LogP contribution in [-0.2, 0) is 0 Å². The van der Waals surface area contributed by atoms with E-state index in [2.05, 4.69) is 36.3 Å². The second-order valence-corrected chi connectivity index (χ2v) is 2.30. The normalized spacial score (nSPS) is 12.7. The SMILES string of the molecule is CN1C=CN(C)C1.N#CNC#N. The predicted molar refractivity (Wildman–Crippen MR) is 43.9 cm³/mol. The minimum Gasteiger partial charge on any atom is -0.362 e. The van der Waals surface area contributed by atoms with Crippen LogP contribution in [-0.4, -0.2) is 30.6 Å². The van der Waals surface area contributed by atoms with Gasteiger partial charge in [-0.1, -0.05) is 0 Å². The van der Waals surface area contributed by atoms with E-state index in [1.54, 1.807) is 5.32 Å². The minimum atomic E-state index is 1.03. The third-order valence-corrected chi connectivity index (χ3v) is 1.13. The largest absolute Gasteiger partial charge is 0.362 e. The third-order valence-electron chi connectivity index (χ3n) is 1.13. The summed E-state index contributed by atoms with van der Waals surface area (Å²) in [5.41, 5.74) is 0. The summed E-state index contributed by atoms with van der Waals surface area (Å²) < 4.78 is 0. The van der Waals surface area contributed by atoms with E-state index in [4.69, 9.17) is 10.5 Å². The summed E-state index contributed by atoms with van der Waals surface area (Å²) in [6, 6.07) is 0. The Labute approximate surface area is 72.1 Å². The predicted octanol–water partition coefficient (Wildman–Crippen LogP) is -0.170. The van der Waals surface area contributed by atoms with E-state index >= 15 is 0 Å². The first-order chi connectivity index (χ1) is 5.70. The zero-order chi connectivity index (χ0) is 9.40. The molecule has 0 aromatic rings. The van der Waals surface area contributed by atoms with Crippen LogP contribution in [0, 0.1) is 22.9 Å². The lowest BCUT2D eigenvalue weighted by molar-refractivity contribution is 0.340. The summed E-state index contributed by atoms with van der Waals surface area (Å²) in [4.78, 5) is 4.25. The average molecular weight is 165 g/mol. The molecule has 1 rings (SSSR count). The third kappa shape index (κ3) is 4.95. The molecule has 0 saturated heterocycles. The molecular weight excluding hydrogens is 154 g/mol. The Morgan fingerprint density at radius 3 is 1.67 bits per heavy atom. The Balaban J connectivity index is 0.000000217. The van der Waals surface area contributed by atoms with Crippen LogP contribution in [0.5, 0.6) is 0 Å². The average Bonchev–Trinajstić information content (AvgIpc) is 2.38. The Morgan fingerprint density at radius 1 is 1.17 bits per heavy atom. The fourth-order valence-electron chi connectivity index (χ4n) is 0.699. The van der Waals surface area contributed by atoms with Crippen LogP contribution in [0.3, 0.4) is 0 Å². The van der Waals surface area contributed by atoms with Crippen LogP contribution < -0.4 is 5.32 Å². The van der Waals surface area contributed by atoms with Crippen molar-refractivity contribution in [3.8, 4) is 12.4 Å². The highest BCUT2D eigenvalue weighted by atomic mass is 15.3. The summed E-state index contributed by atoms with van der Waals surface area (Å²) >= 11 is 0. The van der Waals surface area contributed by atoms with Gasteiger partial charge in [-0.05, 0) is 0 Å². The van der Waals surface area contributed by atoms with Gasteiger partial charge >= 0.3 is 0 Å². The highest BCUT2D eigenvalue weighted by Gasteiger charge is 1.99. The van der Waals surface area contributed by atoms with Crippen LogP contribution in [0.15, 0.2) is 12.4 Å². The van der Waals surface area contributed by atoms with Gasteiger partial charge < -0.3 is 9.80 Å². The Hall–Kier alpha value is -1.88. The van der Waals surface area contributed by atoms with E-state index in [0.717, 1.165) is 6.67 Å². The zero-order valence-electron chi connectivity index (χ0n) is 7.15. The molecule has 64 valence electrons. The maximum Gasteiger partial charge on any atom is 0.190 e. The Kier molecular flexibility index (Phi) is 4.95. The van der Waals surface area contributed by atoms with E-state index in [9.17, 15) is 0 Å². The molecule has 0 unspecified atom stereocenters. The van der Waals surface area contributed by atoms with Gasteiger partial charge in [0.05, 0.1) is 6.67 Å². The molecule has 12 heavy (non-hydrogen) atoms. The maximum absolute atomic E-state index is 7.48. The molecule has 0 aromatic carbocycles. The molecule has 0 radical (unpaired) electrons. The van der Waals surface area contributed by atoms with Crippen LogP contribution in [0.25, 0.3) is 0 Å². The van der Waals surface area contributed by atoms with Crippen LogP contribution in [0.1, 0.15) is 0 Å². The number of nitrogens with one attached hydrogen (secondary N) is 1. The number of hydrogen-bond donors (Lipinski definition) is 1. The van der Waals surface area contributed by atoms with Gasteiger partial charge in [-0.15, -0.1) is 0 Å².